The predicted octanol–water partition coefficient (Wildman–Crippen LogP) is 3.76. The zero-order chi connectivity index (χ0) is 22.7. The van der Waals surface area contributed by atoms with E-state index in [2.05, 4.69) is 16.5 Å². The Kier molecular flexibility index (Phi) is 6.34. The maximum atomic E-state index is 14.2. The highest BCUT2D eigenvalue weighted by Crippen LogP contribution is 2.32. The lowest BCUT2D eigenvalue weighted by molar-refractivity contribution is 0.102. The molecular formula is C24H25FN4O3. The van der Waals surface area contributed by atoms with Crippen molar-refractivity contribution in [1.82, 2.24) is 14.5 Å². The molecule has 4 aromatic rings. The minimum atomic E-state index is -1.02. The summed E-state index contributed by atoms with van der Waals surface area (Å²) in [5.41, 5.74) is 4.25. The highest BCUT2D eigenvalue weighted by Gasteiger charge is 2.17. The van der Waals surface area contributed by atoms with Crippen LogP contribution < -0.4 is 9.64 Å². The summed E-state index contributed by atoms with van der Waals surface area (Å²) in [5.74, 6) is -0.113. The first kappa shape index (κ1) is 21.7. The fraction of sp³-hybridized carbons (Fsp3) is 0.250. The number of anilines is 2. The highest BCUT2D eigenvalue weighted by molar-refractivity contribution is 5.82. The number of aryl methyl sites for hydroxylation is 1. The van der Waals surface area contributed by atoms with Gasteiger partial charge in [-0.2, -0.15) is 0 Å². The maximum Gasteiger partial charge on any atom is 0.128 e. The van der Waals surface area contributed by atoms with Crippen molar-refractivity contribution in [3.05, 3.63) is 66.9 Å². The molecule has 1 unspecified atom stereocenters. The summed E-state index contributed by atoms with van der Waals surface area (Å²) in [5, 5.41) is 19.5. The Bertz CT molecular complexity index is 1230. The normalized spacial score (nSPS) is 12.2. The summed E-state index contributed by atoms with van der Waals surface area (Å²) in [6.07, 6.45) is 4.73. The van der Waals surface area contributed by atoms with Crippen LogP contribution in [0.3, 0.4) is 0 Å². The molecule has 166 valence electrons. The van der Waals surface area contributed by atoms with Gasteiger partial charge < -0.3 is 24.4 Å². The summed E-state index contributed by atoms with van der Waals surface area (Å²) >= 11 is 0. The first-order valence-electron chi connectivity index (χ1n) is 10.3. The van der Waals surface area contributed by atoms with Crippen molar-refractivity contribution in [1.29, 1.82) is 0 Å². The number of fused-ring (bicyclic) bond motifs is 1. The van der Waals surface area contributed by atoms with Crippen molar-refractivity contribution < 1.29 is 19.3 Å². The average molecular weight is 436 g/mol. The summed E-state index contributed by atoms with van der Waals surface area (Å²) in [4.78, 5) is 11.0. The van der Waals surface area contributed by atoms with E-state index in [4.69, 9.17) is 9.72 Å². The first-order chi connectivity index (χ1) is 15.5. The Morgan fingerprint density at radius 2 is 1.97 bits per heavy atom. The maximum absolute atomic E-state index is 14.2. The van der Waals surface area contributed by atoms with E-state index in [1.54, 1.807) is 17.2 Å². The number of ether oxygens (including phenoxy) is 1. The monoisotopic (exact) mass is 436 g/mol. The smallest absolute Gasteiger partial charge is 0.128 e. The van der Waals surface area contributed by atoms with Gasteiger partial charge in [0, 0.05) is 48.0 Å². The Morgan fingerprint density at radius 1 is 1.12 bits per heavy atom. The molecule has 0 spiro atoms. The van der Waals surface area contributed by atoms with Gasteiger partial charge in [0.2, 0.25) is 0 Å². The van der Waals surface area contributed by atoms with Gasteiger partial charge in [-0.05, 0) is 37.3 Å². The van der Waals surface area contributed by atoms with Gasteiger partial charge in [0.25, 0.3) is 0 Å². The Labute approximate surface area is 185 Å². The van der Waals surface area contributed by atoms with Gasteiger partial charge in [-0.25, -0.2) is 9.37 Å². The van der Waals surface area contributed by atoms with Crippen LogP contribution in [0.15, 0.2) is 61.1 Å². The van der Waals surface area contributed by atoms with Crippen LogP contribution in [0, 0.1) is 5.82 Å². The van der Waals surface area contributed by atoms with Gasteiger partial charge in [-0.3, -0.25) is 4.98 Å². The van der Waals surface area contributed by atoms with E-state index in [9.17, 15) is 14.6 Å². The number of rotatable bonds is 8. The molecule has 0 aliphatic heterocycles. The van der Waals surface area contributed by atoms with Gasteiger partial charge in [0.1, 0.15) is 11.6 Å². The standard InChI is InChI=1S/C24H25FN4O3/c1-3-28-7-6-16(13-28)24-12-26-22-5-4-18(11-23(22)27-24)29(14-20(31)15-30)19-8-17(25)9-21(10-19)32-2/h4-13,20,30-31H,3,14-15H2,1-2H3. The molecule has 0 aliphatic rings. The van der Waals surface area contributed by atoms with Crippen LogP contribution in [0.2, 0.25) is 0 Å². The zero-order valence-electron chi connectivity index (χ0n) is 17.9. The SMILES string of the molecule is CCn1ccc(-c2cnc3ccc(N(CC(O)CO)c4cc(F)cc(OC)c4)cc3n2)c1. The molecule has 0 fully saturated rings. The predicted molar refractivity (Wildman–Crippen MR) is 122 cm³/mol. The molecule has 2 aromatic carbocycles. The highest BCUT2D eigenvalue weighted by atomic mass is 19.1. The van der Waals surface area contributed by atoms with Crippen LogP contribution in [0.25, 0.3) is 22.3 Å². The van der Waals surface area contributed by atoms with Gasteiger partial charge in [-0.15, -0.1) is 0 Å². The topological polar surface area (TPSA) is 83.6 Å². The molecule has 0 bridgehead atoms. The molecule has 8 heteroatoms. The lowest BCUT2D eigenvalue weighted by atomic mass is 10.1. The molecule has 2 aromatic heterocycles. The Balaban J connectivity index is 1.78. The molecular weight excluding hydrogens is 411 g/mol. The second-order valence-electron chi connectivity index (χ2n) is 7.46. The molecule has 7 nitrogen and oxygen atoms in total. The number of nitrogens with zero attached hydrogens (tertiary/aromatic N) is 4. The zero-order valence-corrected chi connectivity index (χ0v) is 17.9. The molecule has 0 radical (unpaired) electrons. The molecule has 0 amide bonds. The molecule has 2 heterocycles. The summed E-state index contributed by atoms with van der Waals surface area (Å²) in [6, 6.07) is 11.8. The van der Waals surface area contributed by atoms with E-state index in [1.165, 1.54) is 19.2 Å². The van der Waals surface area contributed by atoms with E-state index in [-0.39, 0.29) is 6.54 Å². The first-order valence-corrected chi connectivity index (χ1v) is 10.3. The van der Waals surface area contributed by atoms with Crippen molar-refractivity contribution in [2.24, 2.45) is 0 Å². The van der Waals surface area contributed by atoms with Gasteiger partial charge in [0.15, 0.2) is 0 Å². The van der Waals surface area contributed by atoms with Gasteiger partial charge in [0.05, 0.1) is 49.3 Å². The van der Waals surface area contributed by atoms with E-state index < -0.39 is 18.5 Å². The fourth-order valence-corrected chi connectivity index (χ4v) is 3.55. The van der Waals surface area contributed by atoms with E-state index in [1.807, 2.05) is 36.7 Å². The third-order valence-corrected chi connectivity index (χ3v) is 5.26. The van der Waals surface area contributed by atoms with Crippen LogP contribution in [-0.2, 0) is 6.54 Å². The van der Waals surface area contributed by atoms with Crippen molar-refractivity contribution in [3.8, 4) is 17.0 Å². The lowest BCUT2D eigenvalue weighted by Gasteiger charge is -2.27. The minimum absolute atomic E-state index is 0.0566. The van der Waals surface area contributed by atoms with E-state index >= 15 is 0 Å². The third-order valence-electron chi connectivity index (χ3n) is 5.26. The molecule has 0 saturated heterocycles. The third kappa shape index (κ3) is 4.56. The summed E-state index contributed by atoms with van der Waals surface area (Å²) in [6.45, 7) is 2.57. The van der Waals surface area contributed by atoms with Crippen molar-refractivity contribution in [2.75, 3.05) is 25.2 Å². The lowest BCUT2D eigenvalue weighted by Crippen LogP contribution is -2.31. The number of aliphatic hydroxyl groups excluding tert-OH is 2. The average Bonchev–Trinajstić information content (AvgIpc) is 3.30. The van der Waals surface area contributed by atoms with Crippen molar-refractivity contribution >= 4 is 22.4 Å². The summed E-state index contributed by atoms with van der Waals surface area (Å²) < 4.78 is 21.5. The number of hydrogen-bond acceptors (Lipinski definition) is 6. The Hall–Kier alpha value is -3.49. The van der Waals surface area contributed by atoms with Crippen molar-refractivity contribution in [2.45, 2.75) is 19.6 Å². The number of aromatic nitrogens is 3. The molecule has 32 heavy (non-hydrogen) atoms. The quantitative estimate of drug-likeness (QED) is 0.438. The van der Waals surface area contributed by atoms with Crippen LogP contribution >= 0.6 is 0 Å². The molecule has 1 atom stereocenters. The van der Waals surface area contributed by atoms with Crippen LogP contribution in [-0.4, -0.2) is 51.1 Å². The van der Waals surface area contributed by atoms with Crippen LogP contribution in [0.4, 0.5) is 15.8 Å². The number of methoxy groups -OCH3 is 1. The van der Waals surface area contributed by atoms with E-state index in [0.29, 0.717) is 28.2 Å². The van der Waals surface area contributed by atoms with E-state index in [0.717, 1.165) is 17.8 Å². The Morgan fingerprint density at radius 3 is 2.69 bits per heavy atom. The van der Waals surface area contributed by atoms with Crippen LogP contribution in [0.1, 0.15) is 6.92 Å². The fourth-order valence-electron chi connectivity index (χ4n) is 3.55. The van der Waals surface area contributed by atoms with Gasteiger partial charge >= 0.3 is 0 Å². The van der Waals surface area contributed by atoms with Gasteiger partial charge in [-0.1, -0.05) is 0 Å². The second-order valence-corrected chi connectivity index (χ2v) is 7.46. The molecule has 0 saturated carbocycles. The molecule has 2 N–H and O–H groups in total. The van der Waals surface area contributed by atoms with Crippen molar-refractivity contribution in [3.63, 3.8) is 0 Å². The number of halogens is 1. The number of aliphatic hydroxyl groups is 2. The summed E-state index contributed by atoms with van der Waals surface area (Å²) in [7, 11) is 1.46. The molecule has 4 rings (SSSR count). The van der Waals surface area contributed by atoms with Crippen LogP contribution in [0.5, 0.6) is 5.75 Å². The number of benzene rings is 2. The number of hydrogen-bond donors (Lipinski definition) is 2. The second kappa shape index (κ2) is 9.33. The minimum Gasteiger partial charge on any atom is -0.497 e. The largest absolute Gasteiger partial charge is 0.497 e. The molecule has 0 aliphatic carbocycles.